The van der Waals surface area contributed by atoms with E-state index in [1.54, 1.807) is 21.3 Å². The molecule has 0 saturated carbocycles. The van der Waals surface area contributed by atoms with Gasteiger partial charge in [0, 0.05) is 23.6 Å². The van der Waals surface area contributed by atoms with Crippen molar-refractivity contribution in [2.24, 2.45) is 0 Å². The molecule has 2 heterocycles. The van der Waals surface area contributed by atoms with E-state index in [-0.39, 0.29) is 6.10 Å². The van der Waals surface area contributed by atoms with Crippen LogP contribution in [0.25, 0.3) is 5.76 Å². The van der Waals surface area contributed by atoms with Gasteiger partial charge in [0.15, 0.2) is 0 Å². The SMILES string of the molecule is COc1ccc(C2Oc3cc(OC)ccc3C3=C2Cc2cc(OC)ccc2O3)cc1. The van der Waals surface area contributed by atoms with E-state index in [0.717, 1.165) is 56.8 Å². The Balaban J connectivity index is 1.64. The van der Waals surface area contributed by atoms with Gasteiger partial charge in [-0.3, -0.25) is 0 Å². The number of hydrogen-bond donors (Lipinski definition) is 0. The Morgan fingerprint density at radius 3 is 2.13 bits per heavy atom. The molecule has 0 aromatic heterocycles. The van der Waals surface area contributed by atoms with Gasteiger partial charge >= 0.3 is 0 Å². The lowest BCUT2D eigenvalue weighted by Gasteiger charge is -2.34. The van der Waals surface area contributed by atoms with Crippen LogP contribution in [0.5, 0.6) is 28.7 Å². The van der Waals surface area contributed by atoms with Gasteiger partial charge in [-0.2, -0.15) is 0 Å². The van der Waals surface area contributed by atoms with Gasteiger partial charge in [0.05, 0.1) is 26.9 Å². The van der Waals surface area contributed by atoms with Gasteiger partial charge in [-0.15, -0.1) is 0 Å². The zero-order chi connectivity index (χ0) is 20.7. The van der Waals surface area contributed by atoms with E-state index in [9.17, 15) is 0 Å². The third kappa shape index (κ3) is 3.03. The van der Waals surface area contributed by atoms with Crippen LogP contribution in [0.3, 0.4) is 0 Å². The standard InChI is InChI=1S/C25H22O5/c1-26-17-6-4-15(5-7-17)24-21-13-16-12-18(27-2)9-11-22(16)29-25(21)20-10-8-19(28-3)14-23(20)30-24/h4-12,14,24H,13H2,1-3H3. The van der Waals surface area contributed by atoms with Crippen molar-refractivity contribution in [3.63, 3.8) is 0 Å². The Morgan fingerprint density at radius 2 is 1.40 bits per heavy atom. The van der Waals surface area contributed by atoms with Gasteiger partial charge in [0.25, 0.3) is 0 Å². The molecule has 0 spiro atoms. The minimum Gasteiger partial charge on any atom is -0.497 e. The van der Waals surface area contributed by atoms with Crippen LogP contribution in [0.2, 0.25) is 0 Å². The zero-order valence-electron chi connectivity index (χ0n) is 17.1. The summed E-state index contributed by atoms with van der Waals surface area (Å²) in [5.74, 6) is 4.78. The van der Waals surface area contributed by atoms with Crippen molar-refractivity contribution in [3.8, 4) is 28.7 Å². The van der Waals surface area contributed by atoms with Crippen molar-refractivity contribution < 1.29 is 23.7 Å². The van der Waals surface area contributed by atoms with E-state index in [0.29, 0.717) is 6.42 Å². The number of methoxy groups -OCH3 is 3. The molecule has 0 aliphatic carbocycles. The highest BCUT2D eigenvalue weighted by Gasteiger charge is 2.35. The minimum atomic E-state index is -0.273. The molecule has 30 heavy (non-hydrogen) atoms. The summed E-state index contributed by atoms with van der Waals surface area (Å²) in [4.78, 5) is 0. The predicted octanol–water partition coefficient (Wildman–Crippen LogP) is 5.19. The summed E-state index contributed by atoms with van der Waals surface area (Å²) in [5.41, 5.74) is 4.12. The first-order chi connectivity index (χ1) is 14.7. The van der Waals surface area contributed by atoms with Crippen molar-refractivity contribution in [1.29, 1.82) is 0 Å². The average Bonchev–Trinajstić information content (AvgIpc) is 2.81. The molecule has 5 nitrogen and oxygen atoms in total. The number of rotatable bonds is 4. The first kappa shape index (κ1) is 18.4. The van der Waals surface area contributed by atoms with Crippen LogP contribution in [-0.2, 0) is 6.42 Å². The highest BCUT2D eigenvalue weighted by molar-refractivity contribution is 5.76. The summed E-state index contributed by atoms with van der Waals surface area (Å²) in [6.07, 6.45) is 0.439. The Hall–Kier alpha value is -3.60. The first-order valence-electron chi connectivity index (χ1n) is 9.77. The lowest BCUT2D eigenvalue weighted by Crippen LogP contribution is -2.23. The summed E-state index contributed by atoms with van der Waals surface area (Å²) in [6, 6.07) is 19.7. The molecular formula is C25H22O5. The molecule has 3 aromatic rings. The Kier molecular flexibility index (Phi) is 4.51. The molecule has 1 atom stereocenters. The maximum atomic E-state index is 6.49. The van der Waals surface area contributed by atoms with E-state index >= 15 is 0 Å². The number of benzene rings is 3. The fraction of sp³-hybridized carbons (Fsp3) is 0.200. The topological polar surface area (TPSA) is 46.2 Å². The zero-order valence-corrected chi connectivity index (χ0v) is 17.1. The van der Waals surface area contributed by atoms with Gasteiger partial charge < -0.3 is 23.7 Å². The van der Waals surface area contributed by atoms with E-state index in [4.69, 9.17) is 23.7 Å². The Morgan fingerprint density at radius 1 is 0.733 bits per heavy atom. The average molecular weight is 402 g/mol. The van der Waals surface area contributed by atoms with Crippen LogP contribution in [0.1, 0.15) is 22.8 Å². The van der Waals surface area contributed by atoms with Crippen LogP contribution in [0.15, 0.2) is 66.2 Å². The fourth-order valence-electron chi connectivity index (χ4n) is 3.98. The van der Waals surface area contributed by atoms with Crippen molar-refractivity contribution in [2.75, 3.05) is 21.3 Å². The molecule has 3 aromatic carbocycles. The summed E-state index contributed by atoms with van der Waals surface area (Å²) in [6.45, 7) is 0. The normalized spacial score (nSPS) is 16.4. The highest BCUT2D eigenvalue weighted by atomic mass is 16.5. The van der Waals surface area contributed by atoms with Crippen LogP contribution < -0.4 is 23.7 Å². The van der Waals surface area contributed by atoms with E-state index < -0.39 is 0 Å². The lowest BCUT2D eigenvalue weighted by molar-refractivity contribution is 0.224. The minimum absolute atomic E-state index is 0.273. The molecule has 152 valence electrons. The fourth-order valence-corrected chi connectivity index (χ4v) is 3.98. The number of ether oxygens (including phenoxy) is 5. The predicted molar refractivity (Wildman–Crippen MR) is 114 cm³/mol. The molecule has 0 radical (unpaired) electrons. The van der Waals surface area contributed by atoms with Crippen LogP contribution >= 0.6 is 0 Å². The van der Waals surface area contributed by atoms with Gasteiger partial charge in [-0.25, -0.2) is 0 Å². The van der Waals surface area contributed by atoms with E-state index in [1.807, 2.05) is 60.7 Å². The molecule has 0 amide bonds. The monoisotopic (exact) mass is 402 g/mol. The molecule has 0 bridgehead atoms. The molecule has 5 rings (SSSR count). The largest absolute Gasteiger partial charge is 0.497 e. The highest BCUT2D eigenvalue weighted by Crippen LogP contribution is 2.49. The third-order valence-corrected chi connectivity index (χ3v) is 5.57. The molecule has 0 saturated heterocycles. The molecule has 0 fully saturated rings. The van der Waals surface area contributed by atoms with Crippen LogP contribution in [0.4, 0.5) is 0 Å². The molecule has 1 unspecified atom stereocenters. The number of fused-ring (bicyclic) bond motifs is 3. The molecule has 5 heteroatoms. The van der Waals surface area contributed by atoms with E-state index in [1.165, 1.54) is 0 Å². The molecule has 2 aliphatic heterocycles. The number of hydrogen-bond acceptors (Lipinski definition) is 5. The second-order valence-corrected chi connectivity index (χ2v) is 7.24. The van der Waals surface area contributed by atoms with Gasteiger partial charge in [-0.1, -0.05) is 12.1 Å². The summed E-state index contributed by atoms with van der Waals surface area (Å²) < 4.78 is 29.0. The maximum absolute atomic E-state index is 6.49. The second kappa shape index (κ2) is 7.34. The molecule has 0 N–H and O–H groups in total. The Bertz CT molecular complexity index is 1130. The summed E-state index contributed by atoms with van der Waals surface area (Å²) in [7, 11) is 4.98. The smallest absolute Gasteiger partial charge is 0.149 e. The lowest BCUT2D eigenvalue weighted by atomic mass is 9.88. The molecule has 2 aliphatic rings. The summed E-state index contributed by atoms with van der Waals surface area (Å²) in [5, 5.41) is 0. The van der Waals surface area contributed by atoms with Crippen LogP contribution in [0, 0.1) is 0 Å². The van der Waals surface area contributed by atoms with Crippen molar-refractivity contribution >= 4 is 5.76 Å². The summed E-state index contributed by atoms with van der Waals surface area (Å²) >= 11 is 0. The quantitative estimate of drug-likeness (QED) is 0.601. The van der Waals surface area contributed by atoms with Crippen molar-refractivity contribution in [1.82, 2.24) is 0 Å². The van der Waals surface area contributed by atoms with Gasteiger partial charge in [-0.05, 0) is 48.0 Å². The van der Waals surface area contributed by atoms with Crippen LogP contribution in [-0.4, -0.2) is 21.3 Å². The Labute approximate surface area is 175 Å². The van der Waals surface area contributed by atoms with Gasteiger partial charge in [0.2, 0.25) is 0 Å². The first-order valence-corrected chi connectivity index (χ1v) is 9.77. The second-order valence-electron chi connectivity index (χ2n) is 7.24. The van der Waals surface area contributed by atoms with E-state index in [2.05, 4.69) is 0 Å². The van der Waals surface area contributed by atoms with Gasteiger partial charge in [0.1, 0.15) is 40.6 Å². The maximum Gasteiger partial charge on any atom is 0.149 e. The third-order valence-electron chi connectivity index (χ3n) is 5.57. The van der Waals surface area contributed by atoms with Crippen molar-refractivity contribution in [2.45, 2.75) is 12.5 Å². The van der Waals surface area contributed by atoms with Crippen molar-refractivity contribution in [3.05, 3.63) is 82.9 Å². The molecular weight excluding hydrogens is 380 g/mol.